The first-order chi connectivity index (χ1) is 9.59. The zero-order chi connectivity index (χ0) is 13.9. The summed E-state index contributed by atoms with van der Waals surface area (Å²) in [6.45, 7) is 5.32. The summed E-state index contributed by atoms with van der Waals surface area (Å²) in [7, 11) is 0. The molecule has 1 aromatic rings. The van der Waals surface area contributed by atoms with Crippen molar-refractivity contribution in [1.82, 2.24) is 10.2 Å². The molecule has 3 aliphatic rings. The number of aryl methyl sites for hydroxylation is 1. The molecule has 0 bridgehead atoms. The third kappa shape index (κ3) is 1.87. The Balaban J connectivity index is 1.63. The number of carbonyl (C=O) groups is 1. The van der Waals surface area contributed by atoms with Gasteiger partial charge in [-0.3, -0.25) is 10.1 Å². The quantitative estimate of drug-likeness (QED) is 0.915. The summed E-state index contributed by atoms with van der Waals surface area (Å²) in [5.41, 5.74) is 2.27. The number of carbonyl (C=O) groups excluding carboxylic acids is 1. The second-order valence-electron chi connectivity index (χ2n) is 6.97. The number of benzene rings is 1. The lowest BCUT2D eigenvalue weighted by Gasteiger charge is -2.25. The normalized spacial score (nSPS) is 33.8. The van der Waals surface area contributed by atoms with E-state index in [-0.39, 0.29) is 11.7 Å². The highest BCUT2D eigenvalue weighted by molar-refractivity contribution is 5.92. The van der Waals surface area contributed by atoms with E-state index in [0.717, 1.165) is 25.3 Å². The maximum absolute atomic E-state index is 12.7. The van der Waals surface area contributed by atoms with Crippen molar-refractivity contribution in [3.8, 4) is 0 Å². The lowest BCUT2D eigenvalue weighted by molar-refractivity contribution is -0.131. The van der Waals surface area contributed by atoms with Crippen molar-refractivity contribution in [3.63, 3.8) is 0 Å². The number of hydrogen-bond donors (Lipinski definition) is 1. The standard InChI is InChI=1S/C17H22N2O/c1-11-4-3-5-13(8-11)15-18-17(6-7-17)16(20)19(15)10-14-9-12(14)2/h3-5,8,12,14-15,18H,6-7,9-10H2,1-2H3. The minimum atomic E-state index is -0.216. The van der Waals surface area contributed by atoms with Crippen LogP contribution in [0.4, 0.5) is 0 Å². The third-order valence-electron chi connectivity index (χ3n) is 5.21. The lowest BCUT2D eigenvalue weighted by Crippen LogP contribution is -2.33. The highest BCUT2D eigenvalue weighted by Gasteiger charge is 2.60. The second kappa shape index (κ2) is 4.08. The van der Waals surface area contributed by atoms with Crippen molar-refractivity contribution in [2.45, 2.75) is 44.8 Å². The number of nitrogens with zero attached hydrogens (tertiary/aromatic N) is 1. The van der Waals surface area contributed by atoms with Gasteiger partial charge in [-0.15, -0.1) is 0 Å². The van der Waals surface area contributed by atoms with Crippen LogP contribution in [0.3, 0.4) is 0 Å². The molecule has 3 unspecified atom stereocenters. The van der Waals surface area contributed by atoms with Gasteiger partial charge in [0.2, 0.25) is 5.91 Å². The van der Waals surface area contributed by atoms with E-state index < -0.39 is 0 Å². The third-order valence-corrected chi connectivity index (χ3v) is 5.21. The molecule has 1 amide bonds. The Morgan fingerprint density at radius 3 is 2.75 bits per heavy atom. The molecule has 1 aromatic carbocycles. The van der Waals surface area contributed by atoms with Gasteiger partial charge in [-0.1, -0.05) is 36.8 Å². The van der Waals surface area contributed by atoms with Crippen LogP contribution in [0.15, 0.2) is 24.3 Å². The molecular weight excluding hydrogens is 248 g/mol. The Labute approximate surface area is 120 Å². The predicted octanol–water partition coefficient (Wildman–Crippen LogP) is 2.61. The summed E-state index contributed by atoms with van der Waals surface area (Å²) >= 11 is 0. The van der Waals surface area contributed by atoms with Crippen LogP contribution in [0.25, 0.3) is 0 Å². The summed E-state index contributed by atoms with van der Waals surface area (Å²) < 4.78 is 0. The fraction of sp³-hybridized carbons (Fsp3) is 0.588. The van der Waals surface area contributed by atoms with Crippen LogP contribution in [0.5, 0.6) is 0 Å². The monoisotopic (exact) mass is 270 g/mol. The zero-order valence-electron chi connectivity index (χ0n) is 12.2. The van der Waals surface area contributed by atoms with Crippen LogP contribution in [-0.4, -0.2) is 22.9 Å². The maximum atomic E-state index is 12.7. The van der Waals surface area contributed by atoms with Crippen LogP contribution >= 0.6 is 0 Å². The molecule has 1 spiro atoms. The Kier molecular flexibility index (Phi) is 2.53. The second-order valence-corrected chi connectivity index (χ2v) is 6.97. The average molecular weight is 270 g/mol. The summed E-state index contributed by atoms with van der Waals surface area (Å²) in [6.07, 6.45) is 3.37. The van der Waals surface area contributed by atoms with Crippen molar-refractivity contribution >= 4 is 5.91 Å². The zero-order valence-corrected chi connectivity index (χ0v) is 12.2. The first-order valence-electron chi connectivity index (χ1n) is 7.74. The summed E-state index contributed by atoms with van der Waals surface area (Å²) in [6, 6.07) is 8.55. The van der Waals surface area contributed by atoms with Gasteiger partial charge in [-0.05, 0) is 43.6 Å². The molecular formula is C17H22N2O. The van der Waals surface area contributed by atoms with Crippen molar-refractivity contribution in [2.75, 3.05) is 6.54 Å². The molecule has 2 aliphatic carbocycles. The Bertz CT molecular complexity index is 564. The highest BCUT2D eigenvalue weighted by atomic mass is 16.2. The minimum absolute atomic E-state index is 0.0812. The molecule has 20 heavy (non-hydrogen) atoms. The van der Waals surface area contributed by atoms with E-state index in [4.69, 9.17) is 0 Å². The van der Waals surface area contributed by atoms with Crippen molar-refractivity contribution in [2.24, 2.45) is 11.8 Å². The summed E-state index contributed by atoms with van der Waals surface area (Å²) in [5, 5.41) is 3.61. The van der Waals surface area contributed by atoms with Gasteiger partial charge in [0.1, 0.15) is 11.7 Å². The Morgan fingerprint density at radius 1 is 1.40 bits per heavy atom. The number of nitrogens with one attached hydrogen (secondary N) is 1. The van der Waals surface area contributed by atoms with Crippen molar-refractivity contribution in [1.29, 1.82) is 0 Å². The molecule has 0 radical (unpaired) electrons. The van der Waals surface area contributed by atoms with E-state index in [0.29, 0.717) is 11.8 Å². The van der Waals surface area contributed by atoms with Gasteiger partial charge < -0.3 is 4.90 Å². The van der Waals surface area contributed by atoms with Gasteiger partial charge >= 0.3 is 0 Å². The van der Waals surface area contributed by atoms with Crippen molar-refractivity contribution in [3.05, 3.63) is 35.4 Å². The van der Waals surface area contributed by atoms with Gasteiger partial charge in [-0.25, -0.2) is 0 Å². The number of hydrogen-bond acceptors (Lipinski definition) is 2. The van der Waals surface area contributed by atoms with E-state index in [1.165, 1.54) is 17.5 Å². The van der Waals surface area contributed by atoms with Crippen molar-refractivity contribution < 1.29 is 4.79 Å². The largest absolute Gasteiger partial charge is 0.321 e. The van der Waals surface area contributed by atoms with Crippen LogP contribution in [0.2, 0.25) is 0 Å². The molecule has 1 aliphatic heterocycles. The van der Waals surface area contributed by atoms with Crippen LogP contribution in [-0.2, 0) is 4.79 Å². The molecule has 2 saturated carbocycles. The molecule has 106 valence electrons. The molecule has 3 atom stereocenters. The molecule has 3 nitrogen and oxygen atoms in total. The molecule has 3 heteroatoms. The van der Waals surface area contributed by atoms with Gasteiger partial charge in [0.25, 0.3) is 0 Å². The van der Waals surface area contributed by atoms with Gasteiger partial charge in [0, 0.05) is 6.54 Å². The number of amides is 1. The Morgan fingerprint density at radius 2 is 2.15 bits per heavy atom. The van der Waals surface area contributed by atoms with E-state index in [1.54, 1.807) is 0 Å². The van der Waals surface area contributed by atoms with E-state index in [2.05, 4.69) is 48.3 Å². The van der Waals surface area contributed by atoms with Crippen LogP contribution < -0.4 is 5.32 Å². The molecule has 3 fully saturated rings. The van der Waals surface area contributed by atoms with Gasteiger partial charge in [-0.2, -0.15) is 0 Å². The average Bonchev–Trinajstić information content (AvgIpc) is 3.30. The van der Waals surface area contributed by atoms with E-state index in [9.17, 15) is 4.79 Å². The number of rotatable bonds is 3. The molecule has 1 N–H and O–H groups in total. The fourth-order valence-electron chi connectivity index (χ4n) is 3.47. The smallest absolute Gasteiger partial charge is 0.244 e. The van der Waals surface area contributed by atoms with Gasteiger partial charge in [0.05, 0.1) is 0 Å². The highest BCUT2D eigenvalue weighted by Crippen LogP contribution is 2.48. The molecule has 0 aromatic heterocycles. The Hall–Kier alpha value is -1.35. The van der Waals surface area contributed by atoms with Crippen LogP contribution in [0.1, 0.15) is 43.5 Å². The topological polar surface area (TPSA) is 32.3 Å². The predicted molar refractivity (Wildman–Crippen MR) is 78.0 cm³/mol. The lowest BCUT2D eigenvalue weighted by atomic mass is 10.1. The fourth-order valence-corrected chi connectivity index (χ4v) is 3.47. The van der Waals surface area contributed by atoms with Crippen LogP contribution in [0, 0.1) is 18.8 Å². The summed E-state index contributed by atoms with van der Waals surface area (Å²) in [5.74, 6) is 1.83. The SMILES string of the molecule is Cc1cccc(C2NC3(CC3)C(=O)N2CC2CC2C)c1. The first kappa shape index (κ1) is 12.4. The molecule has 4 rings (SSSR count). The minimum Gasteiger partial charge on any atom is -0.321 e. The first-order valence-corrected chi connectivity index (χ1v) is 7.74. The molecule has 1 heterocycles. The van der Waals surface area contributed by atoms with Gasteiger partial charge in [0.15, 0.2) is 0 Å². The maximum Gasteiger partial charge on any atom is 0.244 e. The molecule has 1 saturated heterocycles. The summed E-state index contributed by atoms with van der Waals surface area (Å²) in [4.78, 5) is 14.8. The van der Waals surface area contributed by atoms with E-state index in [1.807, 2.05) is 0 Å². The van der Waals surface area contributed by atoms with E-state index >= 15 is 0 Å².